The van der Waals surface area contributed by atoms with E-state index in [2.05, 4.69) is 26.1 Å². The molecule has 10 nitrogen and oxygen atoms in total. The molecule has 3 amide bonds. The number of carbonyl (C=O) groups is 3. The highest BCUT2D eigenvalue weighted by Crippen LogP contribution is 2.20. The lowest BCUT2D eigenvalue weighted by Gasteiger charge is -2.11. The number of ether oxygens (including phenoxy) is 1. The van der Waals surface area contributed by atoms with Crippen molar-refractivity contribution in [1.29, 1.82) is 0 Å². The number of anilines is 2. The molecule has 10 heteroatoms. The molecule has 0 spiro atoms. The first-order valence-electron chi connectivity index (χ1n) is 11.3. The van der Waals surface area contributed by atoms with Crippen molar-refractivity contribution < 1.29 is 19.1 Å². The molecule has 0 fully saturated rings. The molecule has 3 aromatic carbocycles. The van der Waals surface area contributed by atoms with Crippen molar-refractivity contribution in [3.63, 3.8) is 0 Å². The topological polar surface area (TPSA) is 142 Å². The summed E-state index contributed by atoms with van der Waals surface area (Å²) in [5.74, 6) is -1.91. The minimum atomic E-state index is -1.07. The normalized spacial score (nSPS) is 10.7. The number of hydrogen-bond acceptors (Lipinski definition) is 6. The van der Waals surface area contributed by atoms with E-state index >= 15 is 0 Å². The van der Waals surface area contributed by atoms with E-state index in [1.54, 1.807) is 54.6 Å². The molecule has 186 valence electrons. The highest BCUT2D eigenvalue weighted by atomic mass is 16.5. The number of amides is 3. The van der Waals surface area contributed by atoms with Gasteiger partial charge in [0.25, 0.3) is 11.5 Å². The van der Waals surface area contributed by atoms with Crippen molar-refractivity contribution >= 4 is 46.2 Å². The fourth-order valence-corrected chi connectivity index (χ4v) is 3.44. The average molecular weight is 498 g/mol. The second kappa shape index (κ2) is 11.5. The number of nitrogens with one attached hydrogen (secondary N) is 4. The van der Waals surface area contributed by atoms with Crippen molar-refractivity contribution in [3.05, 3.63) is 100 Å². The number of nitrogens with zero attached hydrogens (tertiary/aromatic N) is 1. The van der Waals surface area contributed by atoms with Crippen molar-refractivity contribution in [2.75, 3.05) is 17.2 Å². The second-order valence-corrected chi connectivity index (χ2v) is 7.75. The van der Waals surface area contributed by atoms with Gasteiger partial charge in [-0.3, -0.25) is 19.2 Å². The lowest BCUT2D eigenvalue weighted by molar-refractivity contribution is -0.136. The van der Waals surface area contributed by atoms with Crippen LogP contribution in [0, 0.1) is 0 Å². The van der Waals surface area contributed by atoms with E-state index in [-0.39, 0.29) is 16.8 Å². The van der Waals surface area contributed by atoms with Crippen molar-refractivity contribution in [1.82, 2.24) is 10.4 Å². The summed E-state index contributed by atoms with van der Waals surface area (Å²) in [6, 6.07) is 21.9. The van der Waals surface area contributed by atoms with Gasteiger partial charge in [0.2, 0.25) is 0 Å². The molecule has 0 aliphatic rings. The van der Waals surface area contributed by atoms with E-state index in [9.17, 15) is 19.2 Å². The predicted molar refractivity (Wildman–Crippen MR) is 141 cm³/mol. The van der Waals surface area contributed by atoms with E-state index < -0.39 is 23.3 Å². The Kier molecular flexibility index (Phi) is 7.69. The highest BCUT2D eigenvalue weighted by molar-refractivity contribution is 6.40. The van der Waals surface area contributed by atoms with E-state index in [4.69, 9.17) is 4.74 Å². The number of para-hydroxylation sites is 2. The van der Waals surface area contributed by atoms with E-state index in [1.807, 2.05) is 19.1 Å². The van der Waals surface area contributed by atoms with Gasteiger partial charge in [0, 0.05) is 11.2 Å². The standard InChI is InChI=1S/C27H23N5O5/c1-2-37-20-13-11-19(12-14-20)29-25(34)21-8-4-6-10-23(21)31-26(35)27(36)32-28-16-18-15-17-7-3-5-9-22(17)30-24(18)33/h3-16H,2H2,1H3,(H,29,34)(H,30,33)(H,31,35)(H,32,36)/b28-16+. The number of rotatable bonds is 7. The lowest BCUT2D eigenvalue weighted by atomic mass is 10.1. The Labute approximate surface area is 211 Å². The molecule has 0 bridgehead atoms. The number of hydrazone groups is 1. The van der Waals surface area contributed by atoms with Crippen LogP contribution in [0.1, 0.15) is 22.8 Å². The molecule has 0 saturated carbocycles. The van der Waals surface area contributed by atoms with Gasteiger partial charge in [0.15, 0.2) is 0 Å². The van der Waals surface area contributed by atoms with E-state index in [0.717, 1.165) is 11.6 Å². The fourth-order valence-electron chi connectivity index (χ4n) is 3.44. The van der Waals surface area contributed by atoms with Crippen LogP contribution >= 0.6 is 0 Å². The second-order valence-electron chi connectivity index (χ2n) is 7.75. The summed E-state index contributed by atoms with van der Waals surface area (Å²) in [5.41, 5.74) is 3.39. The zero-order valence-corrected chi connectivity index (χ0v) is 19.8. The number of aromatic nitrogens is 1. The zero-order chi connectivity index (χ0) is 26.2. The Hall–Kier alpha value is -5.25. The average Bonchev–Trinajstić information content (AvgIpc) is 2.90. The minimum Gasteiger partial charge on any atom is -0.494 e. The van der Waals surface area contributed by atoms with E-state index in [1.165, 1.54) is 12.1 Å². The number of pyridine rings is 1. The van der Waals surface area contributed by atoms with Gasteiger partial charge in [0.1, 0.15) is 5.75 Å². The lowest BCUT2D eigenvalue weighted by Crippen LogP contribution is -2.33. The summed E-state index contributed by atoms with van der Waals surface area (Å²) in [7, 11) is 0. The van der Waals surface area contributed by atoms with Crippen LogP contribution < -0.4 is 26.4 Å². The summed E-state index contributed by atoms with van der Waals surface area (Å²) in [6.07, 6.45) is 1.15. The Morgan fingerprint density at radius 3 is 2.43 bits per heavy atom. The molecule has 1 aromatic heterocycles. The van der Waals surface area contributed by atoms with Gasteiger partial charge in [-0.1, -0.05) is 30.3 Å². The number of hydrogen-bond donors (Lipinski definition) is 4. The van der Waals surface area contributed by atoms with Gasteiger partial charge in [-0.15, -0.1) is 0 Å². The Bertz CT molecular complexity index is 1540. The van der Waals surface area contributed by atoms with Crippen molar-refractivity contribution in [3.8, 4) is 5.75 Å². The van der Waals surface area contributed by atoms with Crippen LogP contribution in [-0.2, 0) is 9.59 Å². The molecule has 0 radical (unpaired) electrons. The fraction of sp³-hybridized carbons (Fsp3) is 0.0741. The van der Waals surface area contributed by atoms with Crippen LogP contribution in [0.2, 0.25) is 0 Å². The molecule has 4 aromatic rings. The molecule has 0 aliphatic heterocycles. The SMILES string of the molecule is CCOc1ccc(NC(=O)c2ccccc2NC(=O)C(=O)N/N=C/c2cc3ccccc3[nH]c2=O)cc1. The first-order valence-corrected chi connectivity index (χ1v) is 11.3. The molecule has 1 heterocycles. The van der Waals surface area contributed by atoms with Crippen LogP contribution in [0.5, 0.6) is 5.75 Å². The monoisotopic (exact) mass is 497 g/mol. The van der Waals surface area contributed by atoms with Crippen LogP contribution in [-0.4, -0.2) is 35.5 Å². The quantitative estimate of drug-likeness (QED) is 0.176. The van der Waals surface area contributed by atoms with Gasteiger partial charge in [-0.2, -0.15) is 5.10 Å². The highest BCUT2D eigenvalue weighted by Gasteiger charge is 2.18. The smallest absolute Gasteiger partial charge is 0.329 e. The number of benzene rings is 3. The summed E-state index contributed by atoms with van der Waals surface area (Å²) in [6.45, 7) is 2.40. The van der Waals surface area contributed by atoms with Crippen LogP contribution in [0.3, 0.4) is 0 Å². The summed E-state index contributed by atoms with van der Waals surface area (Å²) < 4.78 is 5.39. The Morgan fingerprint density at radius 2 is 1.65 bits per heavy atom. The van der Waals surface area contributed by atoms with Gasteiger partial charge < -0.3 is 20.4 Å². The molecule has 4 rings (SSSR count). The Balaban J connectivity index is 1.39. The van der Waals surface area contributed by atoms with Gasteiger partial charge in [-0.05, 0) is 60.8 Å². The number of carbonyl (C=O) groups excluding carboxylic acids is 3. The zero-order valence-electron chi connectivity index (χ0n) is 19.8. The number of H-pyrrole nitrogens is 1. The number of aromatic amines is 1. The third kappa shape index (κ3) is 6.25. The molecule has 0 atom stereocenters. The minimum absolute atomic E-state index is 0.140. The molecule has 4 N–H and O–H groups in total. The molecular formula is C27H23N5O5. The first-order chi connectivity index (χ1) is 17.9. The van der Waals surface area contributed by atoms with Gasteiger partial charge in [-0.25, -0.2) is 5.43 Å². The maximum Gasteiger partial charge on any atom is 0.329 e. The summed E-state index contributed by atoms with van der Waals surface area (Å²) >= 11 is 0. The number of fused-ring (bicyclic) bond motifs is 1. The third-order valence-electron chi connectivity index (χ3n) is 5.20. The van der Waals surface area contributed by atoms with Crippen LogP contribution in [0.4, 0.5) is 11.4 Å². The van der Waals surface area contributed by atoms with Gasteiger partial charge >= 0.3 is 11.8 Å². The third-order valence-corrected chi connectivity index (χ3v) is 5.20. The van der Waals surface area contributed by atoms with E-state index in [0.29, 0.717) is 23.6 Å². The molecule has 37 heavy (non-hydrogen) atoms. The first kappa shape index (κ1) is 24.9. The molecule has 0 saturated heterocycles. The molecule has 0 aliphatic carbocycles. The predicted octanol–water partition coefficient (Wildman–Crippen LogP) is 3.27. The maximum absolute atomic E-state index is 12.8. The summed E-state index contributed by atoms with van der Waals surface area (Å²) in [4.78, 5) is 52.4. The molecular weight excluding hydrogens is 474 g/mol. The van der Waals surface area contributed by atoms with Crippen molar-refractivity contribution in [2.24, 2.45) is 5.10 Å². The van der Waals surface area contributed by atoms with Crippen LogP contribution in [0.25, 0.3) is 10.9 Å². The van der Waals surface area contributed by atoms with Gasteiger partial charge in [0.05, 0.1) is 29.6 Å². The van der Waals surface area contributed by atoms with Crippen molar-refractivity contribution in [2.45, 2.75) is 6.92 Å². The summed E-state index contributed by atoms with van der Waals surface area (Å²) in [5, 5.41) is 9.65. The largest absolute Gasteiger partial charge is 0.494 e. The van der Waals surface area contributed by atoms with Crippen LogP contribution in [0.15, 0.2) is 88.8 Å². The maximum atomic E-state index is 12.8. The Morgan fingerprint density at radius 1 is 0.919 bits per heavy atom. The molecule has 0 unspecified atom stereocenters.